The highest BCUT2D eigenvalue weighted by Crippen LogP contribution is 2.24. The number of carbonyl (C=O) groups excluding carboxylic acids is 1. The third-order valence-corrected chi connectivity index (χ3v) is 3.66. The quantitative estimate of drug-likeness (QED) is 0.322. The first-order valence-electron chi connectivity index (χ1n) is 7.33. The minimum Gasteiger partial charge on any atom is -0.454 e. The van der Waals surface area contributed by atoms with Gasteiger partial charge in [0.1, 0.15) is 6.61 Å². The second-order valence-electron chi connectivity index (χ2n) is 5.27. The Morgan fingerprint density at radius 1 is 1.31 bits per heavy atom. The maximum atomic E-state index is 13.3. The number of nitro groups is 1. The van der Waals surface area contributed by atoms with E-state index in [-0.39, 0.29) is 28.3 Å². The Labute approximate surface area is 145 Å². The Bertz CT molecular complexity index is 1000. The molecular formula is C16H12F2N4O4. The SMILES string of the molecule is Nc1cc([N+](=O)[O-])ccc1C(=O)OCc1nc2ccccc2n1C(F)F. The van der Waals surface area contributed by atoms with Crippen LogP contribution in [0.5, 0.6) is 0 Å². The normalized spacial score (nSPS) is 11.0. The van der Waals surface area contributed by atoms with Gasteiger partial charge in [-0.25, -0.2) is 9.78 Å². The fourth-order valence-corrected chi connectivity index (χ4v) is 2.47. The van der Waals surface area contributed by atoms with Crippen molar-refractivity contribution in [3.05, 3.63) is 64.0 Å². The van der Waals surface area contributed by atoms with Crippen molar-refractivity contribution in [2.75, 3.05) is 5.73 Å². The Morgan fingerprint density at radius 3 is 2.69 bits per heavy atom. The number of rotatable bonds is 5. The maximum absolute atomic E-state index is 13.3. The Balaban J connectivity index is 1.83. The molecule has 0 aliphatic heterocycles. The molecule has 26 heavy (non-hydrogen) atoms. The highest BCUT2D eigenvalue weighted by molar-refractivity contribution is 5.95. The van der Waals surface area contributed by atoms with E-state index in [1.54, 1.807) is 18.2 Å². The average molecular weight is 362 g/mol. The third kappa shape index (κ3) is 3.16. The van der Waals surface area contributed by atoms with Crippen LogP contribution in [0.15, 0.2) is 42.5 Å². The van der Waals surface area contributed by atoms with Gasteiger partial charge in [-0.3, -0.25) is 14.7 Å². The van der Waals surface area contributed by atoms with Crippen LogP contribution in [-0.2, 0) is 11.3 Å². The molecule has 0 saturated carbocycles. The van der Waals surface area contributed by atoms with Crippen molar-refractivity contribution in [1.82, 2.24) is 9.55 Å². The summed E-state index contributed by atoms with van der Waals surface area (Å²) in [6, 6.07) is 9.55. The van der Waals surface area contributed by atoms with Gasteiger partial charge in [0, 0.05) is 12.1 Å². The molecule has 0 amide bonds. The van der Waals surface area contributed by atoms with Gasteiger partial charge in [-0.05, 0) is 18.2 Å². The van der Waals surface area contributed by atoms with E-state index < -0.39 is 24.0 Å². The van der Waals surface area contributed by atoms with Gasteiger partial charge < -0.3 is 10.5 Å². The number of halogens is 2. The number of alkyl halides is 2. The zero-order valence-electron chi connectivity index (χ0n) is 13.1. The summed E-state index contributed by atoms with van der Waals surface area (Å²) in [4.78, 5) is 26.2. The molecule has 0 aliphatic rings. The number of imidazole rings is 1. The van der Waals surface area contributed by atoms with E-state index in [1.165, 1.54) is 6.07 Å². The number of nitrogen functional groups attached to an aromatic ring is 1. The van der Waals surface area contributed by atoms with Crippen LogP contribution in [0.1, 0.15) is 22.7 Å². The van der Waals surface area contributed by atoms with Gasteiger partial charge in [0.25, 0.3) is 5.69 Å². The van der Waals surface area contributed by atoms with E-state index in [0.717, 1.165) is 18.2 Å². The number of esters is 1. The number of carbonyl (C=O) groups is 1. The minimum atomic E-state index is -2.86. The molecule has 3 rings (SSSR count). The van der Waals surface area contributed by atoms with Gasteiger partial charge in [0.2, 0.25) is 0 Å². The summed E-state index contributed by atoms with van der Waals surface area (Å²) in [5.41, 5.74) is 5.65. The number of para-hydroxylation sites is 2. The molecule has 2 aromatic carbocycles. The summed E-state index contributed by atoms with van der Waals surface area (Å²) >= 11 is 0. The number of aromatic nitrogens is 2. The maximum Gasteiger partial charge on any atom is 0.340 e. The highest BCUT2D eigenvalue weighted by Gasteiger charge is 2.20. The zero-order chi connectivity index (χ0) is 18.8. The van der Waals surface area contributed by atoms with Crippen molar-refractivity contribution in [1.29, 1.82) is 0 Å². The van der Waals surface area contributed by atoms with Crippen molar-refractivity contribution >= 4 is 28.4 Å². The van der Waals surface area contributed by atoms with E-state index in [2.05, 4.69) is 4.98 Å². The second-order valence-corrected chi connectivity index (χ2v) is 5.27. The standard InChI is InChI=1S/C16H12F2N4O4/c17-16(18)21-13-4-2-1-3-12(13)20-14(21)8-26-15(23)10-6-5-9(22(24)25)7-11(10)19/h1-7,16H,8,19H2. The summed E-state index contributed by atoms with van der Waals surface area (Å²) in [7, 11) is 0. The number of nitrogens with zero attached hydrogens (tertiary/aromatic N) is 3. The fraction of sp³-hybridized carbons (Fsp3) is 0.125. The number of nitro benzene ring substituents is 1. The van der Waals surface area contributed by atoms with Crippen LogP contribution in [0.2, 0.25) is 0 Å². The molecule has 0 unspecified atom stereocenters. The topological polar surface area (TPSA) is 113 Å². The van der Waals surface area contributed by atoms with E-state index in [9.17, 15) is 23.7 Å². The molecule has 3 aromatic rings. The molecule has 10 heteroatoms. The molecule has 1 aromatic heterocycles. The molecule has 0 aliphatic carbocycles. The summed E-state index contributed by atoms with van der Waals surface area (Å²) in [5.74, 6) is -1.03. The van der Waals surface area contributed by atoms with Gasteiger partial charge in [0.05, 0.1) is 27.2 Å². The predicted molar refractivity (Wildman–Crippen MR) is 87.6 cm³/mol. The van der Waals surface area contributed by atoms with Gasteiger partial charge in [-0.2, -0.15) is 8.78 Å². The van der Waals surface area contributed by atoms with E-state index in [0.29, 0.717) is 10.1 Å². The fourth-order valence-electron chi connectivity index (χ4n) is 2.47. The summed E-state index contributed by atoms with van der Waals surface area (Å²) in [6.07, 6.45) is 0. The monoisotopic (exact) mass is 362 g/mol. The van der Waals surface area contributed by atoms with Gasteiger partial charge in [-0.1, -0.05) is 12.1 Å². The smallest absolute Gasteiger partial charge is 0.340 e. The predicted octanol–water partition coefficient (Wildman–Crippen LogP) is 3.28. The largest absolute Gasteiger partial charge is 0.454 e. The Hall–Kier alpha value is -3.56. The van der Waals surface area contributed by atoms with E-state index in [1.807, 2.05) is 0 Å². The number of hydrogen-bond acceptors (Lipinski definition) is 6. The minimum absolute atomic E-state index is 0.102. The van der Waals surface area contributed by atoms with Gasteiger partial charge >= 0.3 is 12.5 Å². The molecule has 134 valence electrons. The Morgan fingerprint density at radius 2 is 2.04 bits per heavy atom. The second kappa shape index (κ2) is 6.75. The van der Waals surface area contributed by atoms with Crippen molar-refractivity contribution < 1.29 is 23.2 Å². The number of anilines is 1. The van der Waals surface area contributed by atoms with Gasteiger partial charge in [-0.15, -0.1) is 0 Å². The molecule has 1 heterocycles. The van der Waals surface area contributed by atoms with Crippen LogP contribution in [-0.4, -0.2) is 20.4 Å². The average Bonchev–Trinajstić information content (AvgIpc) is 2.98. The molecule has 0 spiro atoms. The van der Waals surface area contributed by atoms with Crippen LogP contribution >= 0.6 is 0 Å². The molecule has 8 nitrogen and oxygen atoms in total. The number of fused-ring (bicyclic) bond motifs is 1. The van der Waals surface area contributed by atoms with Crippen LogP contribution < -0.4 is 5.73 Å². The van der Waals surface area contributed by atoms with Crippen molar-refractivity contribution in [2.24, 2.45) is 0 Å². The van der Waals surface area contributed by atoms with Crippen LogP contribution in [0, 0.1) is 10.1 Å². The van der Waals surface area contributed by atoms with Crippen molar-refractivity contribution in [3.8, 4) is 0 Å². The molecule has 0 fully saturated rings. The lowest BCUT2D eigenvalue weighted by Gasteiger charge is -2.09. The number of non-ortho nitro benzene ring substituents is 1. The lowest BCUT2D eigenvalue weighted by molar-refractivity contribution is -0.384. The first kappa shape index (κ1) is 17.3. The summed E-state index contributed by atoms with van der Waals surface area (Å²) in [6.45, 7) is -3.37. The van der Waals surface area contributed by atoms with Crippen LogP contribution in [0.4, 0.5) is 20.2 Å². The highest BCUT2D eigenvalue weighted by atomic mass is 19.3. The molecule has 0 radical (unpaired) electrons. The summed E-state index contributed by atoms with van der Waals surface area (Å²) < 4.78 is 32.3. The lowest BCUT2D eigenvalue weighted by Crippen LogP contribution is -2.12. The molecule has 0 bridgehead atoms. The number of benzene rings is 2. The zero-order valence-corrected chi connectivity index (χ0v) is 13.1. The molecular weight excluding hydrogens is 350 g/mol. The van der Waals surface area contributed by atoms with Crippen LogP contribution in [0.25, 0.3) is 11.0 Å². The van der Waals surface area contributed by atoms with Crippen molar-refractivity contribution in [2.45, 2.75) is 13.2 Å². The summed E-state index contributed by atoms with van der Waals surface area (Å²) in [5, 5.41) is 10.7. The van der Waals surface area contributed by atoms with E-state index in [4.69, 9.17) is 10.5 Å². The lowest BCUT2D eigenvalue weighted by atomic mass is 10.1. The van der Waals surface area contributed by atoms with E-state index >= 15 is 0 Å². The number of hydrogen-bond donors (Lipinski definition) is 1. The van der Waals surface area contributed by atoms with Crippen molar-refractivity contribution in [3.63, 3.8) is 0 Å². The molecule has 0 atom stereocenters. The first-order valence-corrected chi connectivity index (χ1v) is 7.33. The first-order chi connectivity index (χ1) is 12.4. The number of ether oxygens (including phenoxy) is 1. The number of nitrogens with two attached hydrogens (primary N) is 1. The third-order valence-electron chi connectivity index (χ3n) is 3.66. The van der Waals surface area contributed by atoms with Gasteiger partial charge in [0.15, 0.2) is 5.82 Å². The molecule has 0 saturated heterocycles. The van der Waals surface area contributed by atoms with Crippen LogP contribution in [0.3, 0.4) is 0 Å². The molecule has 2 N–H and O–H groups in total. The Kier molecular flexibility index (Phi) is 4.48.